The molecule has 42 heavy (non-hydrogen) atoms. The molecule has 6 rings (SSSR count). The van der Waals surface area contributed by atoms with E-state index in [1.807, 2.05) is 66.9 Å². The van der Waals surface area contributed by atoms with E-state index in [9.17, 15) is 0 Å². The second kappa shape index (κ2) is 11.6. The highest BCUT2D eigenvalue weighted by Gasteiger charge is 2.17. The van der Waals surface area contributed by atoms with Crippen molar-refractivity contribution in [2.24, 2.45) is 0 Å². The molecular formula is C38H35N3O. The molecule has 0 aliphatic carbocycles. The van der Waals surface area contributed by atoms with Gasteiger partial charge in [0.05, 0.1) is 11.2 Å². The summed E-state index contributed by atoms with van der Waals surface area (Å²) in [5.74, 6) is 2.99. The van der Waals surface area contributed by atoms with Gasteiger partial charge in [0.1, 0.15) is 11.5 Å². The van der Waals surface area contributed by atoms with E-state index in [1.165, 1.54) is 22.3 Å². The van der Waals surface area contributed by atoms with Gasteiger partial charge in [-0.2, -0.15) is 0 Å². The Labute approximate surface area is 248 Å². The first-order chi connectivity index (χ1) is 20.4. The van der Waals surface area contributed by atoms with Gasteiger partial charge in [-0.25, -0.2) is 9.97 Å². The van der Waals surface area contributed by atoms with Crippen molar-refractivity contribution < 1.29 is 4.74 Å². The molecule has 0 amide bonds. The van der Waals surface area contributed by atoms with Crippen LogP contribution in [0.25, 0.3) is 44.7 Å². The Balaban J connectivity index is 1.33. The fourth-order valence-electron chi connectivity index (χ4n) is 5.51. The van der Waals surface area contributed by atoms with Crippen LogP contribution in [-0.4, -0.2) is 15.0 Å². The zero-order valence-corrected chi connectivity index (χ0v) is 24.8. The average Bonchev–Trinajstić information content (AvgIpc) is 3.00. The third-order valence-corrected chi connectivity index (χ3v) is 7.56. The second-order valence-corrected chi connectivity index (χ2v) is 11.4. The molecule has 0 radical (unpaired) electrons. The lowest BCUT2D eigenvalue weighted by atomic mass is 9.84. The van der Waals surface area contributed by atoms with Crippen LogP contribution in [0.15, 0.2) is 109 Å². The summed E-state index contributed by atoms with van der Waals surface area (Å²) >= 11 is 0. The second-order valence-electron chi connectivity index (χ2n) is 11.4. The average molecular weight is 550 g/mol. The van der Waals surface area contributed by atoms with E-state index in [0.29, 0.717) is 17.7 Å². The first-order valence-corrected chi connectivity index (χ1v) is 14.6. The molecule has 0 spiro atoms. The van der Waals surface area contributed by atoms with Crippen LogP contribution < -0.4 is 4.74 Å². The van der Waals surface area contributed by atoms with Crippen molar-refractivity contribution in [3.63, 3.8) is 0 Å². The Bertz CT molecular complexity index is 1860. The smallest absolute Gasteiger partial charge is 0.159 e. The highest BCUT2D eigenvalue weighted by atomic mass is 16.5. The maximum absolute atomic E-state index is 6.35. The van der Waals surface area contributed by atoms with Gasteiger partial charge in [0.15, 0.2) is 5.82 Å². The summed E-state index contributed by atoms with van der Waals surface area (Å²) in [5.41, 5.74) is 10.0. The largest absolute Gasteiger partial charge is 0.457 e. The number of aromatic nitrogens is 3. The number of pyridine rings is 1. The van der Waals surface area contributed by atoms with Gasteiger partial charge in [-0.1, -0.05) is 88.4 Å². The Morgan fingerprint density at radius 3 is 1.95 bits per heavy atom. The maximum Gasteiger partial charge on any atom is 0.159 e. The summed E-state index contributed by atoms with van der Waals surface area (Å²) in [5, 5.41) is 1.02. The van der Waals surface area contributed by atoms with E-state index in [1.54, 1.807) is 0 Å². The zero-order chi connectivity index (χ0) is 29.2. The van der Waals surface area contributed by atoms with Crippen molar-refractivity contribution in [2.75, 3.05) is 0 Å². The highest BCUT2D eigenvalue weighted by Crippen LogP contribution is 2.38. The molecular weight excluding hydrogens is 514 g/mol. The van der Waals surface area contributed by atoms with Crippen molar-refractivity contribution >= 4 is 10.9 Å². The Morgan fingerprint density at radius 1 is 0.595 bits per heavy atom. The SMILES string of the molecule is Cc1cc(-c2c(C(C)C)cccc2C(C)C)cc(-c2cccc(Oc3cccc(-c4ncc5ccccc5n4)c3)c2)n1. The molecule has 2 heterocycles. The molecule has 0 atom stereocenters. The molecule has 6 aromatic rings. The van der Waals surface area contributed by atoms with E-state index in [2.05, 4.69) is 82.1 Å². The van der Waals surface area contributed by atoms with Crippen LogP contribution in [0.5, 0.6) is 11.5 Å². The van der Waals surface area contributed by atoms with Crippen molar-refractivity contribution in [2.45, 2.75) is 46.5 Å². The van der Waals surface area contributed by atoms with E-state index in [-0.39, 0.29) is 0 Å². The molecule has 2 aromatic heterocycles. The van der Waals surface area contributed by atoms with Crippen LogP contribution in [-0.2, 0) is 0 Å². The van der Waals surface area contributed by atoms with E-state index < -0.39 is 0 Å². The number of ether oxygens (including phenoxy) is 1. The number of hydrogen-bond donors (Lipinski definition) is 0. The van der Waals surface area contributed by atoms with Gasteiger partial charge in [-0.05, 0) is 83.5 Å². The summed E-state index contributed by atoms with van der Waals surface area (Å²) in [6, 6.07) is 35.2. The summed E-state index contributed by atoms with van der Waals surface area (Å²) in [7, 11) is 0. The van der Waals surface area contributed by atoms with Crippen molar-refractivity contribution in [3.05, 3.63) is 126 Å². The van der Waals surface area contributed by atoms with Crippen molar-refractivity contribution in [1.82, 2.24) is 15.0 Å². The minimum Gasteiger partial charge on any atom is -0.457 e. The number of fused-ring (bicyclic) bond motifs is 1. The predicted octanol–water partition coefficient (Wildman–Crippen LogP) is 10.4. The molecule has 0 aliphatic heterocycles. The number of hydrogen-bond acceptors (Lipinski definition) is 4. The normalized spacial score (nSPS) is 11.4. The van der Waals surface area contributed by atoms with Gasteiger partial charge >= 0.3 is 0 Å². The van der Waals surface area contributed by atoms with Gasteiger partial charge in [0, 0.05) is 28.4 Å². The van der Waals surface area contributed by atoms with E-state index >= 15 is 0 Å². The summed E-state index contributed by atoms with van der Waals surface area (Å²) in [6.07, 6.45) is 1.86. The van der Waals surface area contributed by atoms with Crippen molar-refractivity contribution in [3.8, 4) is 45.3 Å². The zero-order valence-electron chi connectivity index (χ0n) is 24.8. The number of benzene rings is 4. The summed E-state index contributed by atoms with van der Waals surface area (Å²) in [6.45, 7) is 11.1. The lowest BCUT2D eigenvalue weighted by Gasteiger charge is -2.21. The van der Waals surface area contributed by atoms with Crippen LogP contribution >= 0.6 is 0 Å². The van der Waals surface area contributed by atoms with Crippen LogP contribution in [0, 0.1) is 6.92 Å². The molecule has 0 unspecified atom stereocenters. The molecule has 0 saturated heterocycles. The van der Waals surface area contributed by atoms with Crippen LogP contribution in [0.4, 0.5) is 0 Å². The van der Waals surface area contributed by atoms with Crippen LogP contribution in [0.2, 0.25) is 0 Å². The molecule has 0 fully saturated rings. The molecule has 4 heteroatoms. The summed E-state index contributed by atoms with van der Waals surface area (Å²) < 4.78 is 6.35. The molecule has 4 nitrogen and oxygen atoms in total. The predicted molar refractivity (Wildman–Crippen MR) is 173 cm³/mol. The van der Waals surface area contributed by atoms with E-state index in [4.69, 9.17) is 14.7 Å². The van der Waals surface area contributed by atoms with Gasteiger partial charge in [-0.15, -0.1) is 0 Å². The quantitative estimate of drug-likeness (QED) is 0.199. The topological polar surface area (TPSA) is 47.9 Å². The van der Waals surface area contributed by atoms with E-state index in [0.717, 1.165) is 44.9 Å². The standard InChI is InChI=1S/C38H35N3O/c1-24(2)33-16-10-17-34(25(3)4)37(33)30-19-26(5)40-36(22-30)27-12-8-14-31(20-27)42-32-15-9-13-28(21-32)38-39-23-29-11-6-7-18-35(29)41-38/h6-25H,1-5H3. The monoisotopic (exact) mass is 549 g/mol. The Kier molecular flexibility index (Phi) is 7.54. The van der Waals surface area contributed by atoms with Crippen molar-refractivity contribution in [1.29, 1.82) is 0 Å². The Morgan fingerprint density at radius 2 is 1.24 bits per heavy atom. The van der Waals surface area contributed by atoms with Gasteiger partial charge in [0.2, 0.25) is 0 Å². The minimum atomic E-state index is 0.420. The molecule has 4 aromatic carbocycles. The van der Waals surface area contributed by atoms with Crippen LogP contribution in [0.1, 0.15) is 56.4 Å². The lowest BCUT2D eigenvalue weighted by molar-refractivity contribution is 0.483. The number of rotatable bonds is 7. The number of aryl methyl sites for hydroxylation is 1. The fourth-order valence-corrected chi connectivity index (χ4v) is 5.51. The molecule has 0 aliphatic rings. The summed E-state index contributed by atoms with van der Waals surface area (Å²) in [4.78, 5) is 14.3. The minimum absolute atomic E-state index is 0.420. The number of para-hydroxylation sites is 1. The van der Waals surface area contributed by atoms with Gasteiger partial charge < -0.3 is 4.74 Å². The van der Waals surface area contributed by atoms with Crippen LogP contribution in [0.3, 0.4) is 0 Å². The molecule has 0 bridgehead atoms. The Hall–Kier alpha value is -4.83. The lowest BCUT2D eigenvalue weighted by Crippen LogP contribution is -2.01. The highest BCUT2D eigenvalue weighted by molar-refractivity contribution is 5.80. The maximum atomic E-state index is 6.35. The van der Waals surface area contributed by atoms with Gasteiger partial charge in [-0.3, -0.25) is 4.98 Å². The fraction of sp³-hybridized carbons (Fsp3) is 0.184. The van der Waals surface area contributed by atoms with Gasteiger partial charge in [0.25, 0.3) is 0 Å². The molecule has 0 saturated carbocycles. The first-order valence-electron chi connectivity index (χ1n) is 14.6. The molecule has 208 valence electrons. The third-order valence-electron chi connectivity index (χ3n) is 7.56. The molecule has 0 N–H and O–H groups in total. The third kappa shape index (κ3) is 5.66. The number of nitrogens with zero attached hydrogens (tertiary/aromatic N) is 3. The first kappa shape index (κ1) is 27.3.